The molecule has 128 valence electrons. The van der Waals surface area contributed by atoms with E-state index in [0.717, 1.165) is 22.5 Å². The highest BCUT2D eigenvalue weighted by Gasteiger charge is 2.15. The van der Waals surface area contributed by atoms with E-state index < -0.39 is 5.97 Å². The minimum absolute atomic E-state index is 0.00128. The van der Waals surface area contributed by atoms with Crippen LogP contribution in [0.4, 0.5) is 0 Å². The molecule has 0 aliphatic heterocycles. The molecule has 3 aromatic carbocycles. The van der Waals surface area contributed by atoms with E-state index in [1.54, 1.807) is 0 Å². The largest absolute Gasteiger partial charge is 0.481 e. The second-order valence-electron chi connectivity index (χ2n) is 6.32. The molecule has 0 amide bonds. The number of rotatable bonds is 4. The Balaban J connectivity index is 2.08. The molecule has 1 N–H and O–H groups in total. The van der Waals surface area contributed by atoms with Gasteiger partial charge in [0.1, 0.15) is 0 Å². The molecule has 3 heteroatoms. The molecule has 1 aromatic heterocycles. The van der Waals surface area contributed by atoms with Crippen LogP contribution in [0.25, 0.3) is 33.4 Å². The van der Waals surface area contributed by atoms with Crippen LogP contribution in [0.1, 0.15) is 18.2 Å². The average Bonchev–Trinajstić information content (AvgIpc) is 3.00. The number of hydrogen-bond acceptors (Lipinski definition) is 1. The highest BCUT2D eigenvalue weighted by Crippen LogP contribution is 2.32. The number of carboxylic acid groups (broad SMARTS) is 1. The maximum Gasteiger partial charge on any atom is 0.307 e. The lowest BCUT2D eigenvalue weighted by molar-refractivity contribution is -0.136. The fourth-order valence-electron chi connectivity index (χ4n) is 3.59. The second-order valence-corrected chi connectivity index (χ2v) is 6.32. The van der Waals surface area contributed by atoms with Crippen molar-refractivity contribution in [2.75, 3.05) is 0 Å². The number of carboxylic acids is 1. The van der Waals surface area contributed by atoms with Crippen LogP contribution >= 0.6 is 0 Å². The molecule has 3 nitrogen and oxygen atoms in total. The molecule has 0 aliphatic rings. The normalized spacial score (nSPS) is 11.6. The van der Waals surface area contributed by atoms with Crippen LogP contribution in [0, 0.1) is 0 Å². The van der Waals surface area contributed by atoms with E-state index >= 15 is 0 Å². The number of carbonyl (C=O) groups is 1. The third kappa shape index (κ3) is 2.68. The summed E-state index contributed by atoms with van der Waals surface area (Å²) in [4.78, 5) is 11.3. The molecule has 0 radical (unpaired) electrons. The maximum absolute atomic E-state index is 11.3. The van der Waals surface area contributed by atoms with Crippen LogP contribution in [0.15, 0.2) is 72.8 Å². The standard InChI is InChI=1S/C23H19NO2/c1-2-7-18-15-20-19-10-5-3-8-16(19)12-13-22(20)24(18)21-11-6-4-9-17(21)14-23(25)26/h2-13,15H,14H2,1H3,(H,25,26)/b7-2+. The Labute approximate surface area is 151 Å². The molecule has 0 fully saturated rings. The van der Waals surface area contributed by atoms with Gasteiger partial charge in [-0.1, -0.05) is 54.6 Å². The molecular weight excluding hydrogens is 322 g/mol. The van der Waals surface area contributed by atoms with Gasteiger partial charge in [0.2, 0.25) is 0 Å². The third-order valence-corrected chi connectivity index (χ3v) is 4.65. The third-order valence-electron chi connectivity index (χ3n) is 4.65. The zero-order valence-electron chi connectivity index (χ0n) is 14.5. The van der Waals surface area contributed by atoms with Crippen LogP contribution in [-0.4, -0.2) is 15.6 Å². The first kappa shape index (κ1) is 16.2. The van der Waals surface area contributed by atoms with Crippen molar-refractivity contribution < 1.29 is 9.90 Å². The molecule has 0 bridgehead atoms. The Hall–Kier alpha value is -3.33. The van der Waals surface area contributed by atoms with Crippen molar-refractivity contribution in [3.05, 3.63) is 84.1 Å². The Morgan fingerprint density at radius 3 is 2.58 bits per heavy atom. The van der Waals surface area contributed by atoms with Crippen molar-refractivity contribution in [1.29, 1.82) is 0 Å². The first-order valence-corrected chi connectivity index (χ1v) is 8.65. The molecule has 26 heavy (non-hydrogen) atoms. The molecule has 0 aliphatic carbocycles. The molecule has 4 aromatic rings. The van der Waals surface area contributed by atoms with Gasteiger partial charge in [0, 0.05) is 16.8 Å². The summed E-state index contributed by atoms with van der Waals surface area (Å²) in [6.07, 6.45) is 4.07. The van der Waals surface area contributed by atoms with Gasteiger partial charge in [-0.3, -0.25) is 4.79 Å². The number of aromatic nitrogens is 1. The molecule has 0 unspecified atom stereocenters. The zero-order valence-corrected chi connectivity index (χ0v) is 14.5. The maximum atomic E-state index is 11.3. The van der Waals surface area contributed by atoms with Gasteiger partial charge in [-0.2, -0.15) is 0 Å². The first-order valence-electron chi connectivity index (χ1n) is 8.65. The number of fused-ring (bicyclic) bond motifs is 3. The predicted molar refractivity (Wildman–Crippen MR) is 107 cm³/mol. The summed E-state index contributed by atoms with van der Waals surface area (Å²) >= 11 is 0. The summed E-state index contributed by atoms with van der Waals surface area (Å²) in [7, 11) is 0. The molecule has 0 atom stereocenters. The molecule has 4 rings (SSSR count). The second kappa shape index (κ2) is 6.52. The van der Waals surface area contributed by atoms with Crippen LogP contribution in [0.3, 0.4) is 0 Å². The number of aliphatic carboxylic acids is 1. The Morgan fingerprint density at radius 1 is 1.00 bits per heavy atom. The van der Waals surface area contributed by atoms with Crippen LogP contribution in [0.5, 0.6) is 0 Å². The van der Waals surface area contributed by atoms with Crippen LogP contribution < -0.4 is 0 Å². The monoisotopic (exact) mass is 341 g/mol. The van der Waals surface area contributed by atoms with E-state index in [9.17, 15) is 9.90 Å². The van der Waals surface area contributed by atoms with E-state index in [4.69, 9.17) is 0 Å². The van der Waals surface area contributed by atoms with Crippen molar-refractivity contribution in [2.24, 2.45) is 0 Å². The molecule has 0 spiro atoms. The molecule has 1 heterocycles. The molecule has 0 saturated heterocycles. The Morgan fingerprint density at radius 2 is 1.77 bits per heavy atom. The quantitative estimate of drug-likeness (QED) is 0.537. The van der Waals surface area contributed by atoms with E-state index in [1.165, 1.54) is 16.2 Å². The fraction of sp³-hybridized carbons (Fsp3) is 0.0870. The van der Waals surface area contributed by atoms with Gasteiger partial charge >= 0.3 is 5.97 Å². The smallest absolute Gasteiger partial charge is 0.307 e. The van der Waals surface area contributed by atoms with Crippen molar-refractivity contribution in [3.63, 3.8) is 0 Å². The SMILES string of the molecule is C/C=C/c1cc2c3ccccc3ccc2n1-c1ccccc1CC(=O)O. The number of hydrogen-bond donors (Lipinski definition) is 1. The predicted octanol–water partition coefficient (Wildman–Crippen LogP) is 5.44. The summed E-state index contributed by atoms with van der Waals surface area (Å²) in [5, 5.41) is 12.9. The van der Waals surface area contributed by atoms with Crippen molar-refractivity contribution >= 4 is 33.7 Å². The van der Waals surface area contributed by atoms with E-state index in [2.05, 4.69) is 41.0 Å². The summed E-state index contributed by atoms with van der Waals surface area (Å²) in [6, 6.07) is 22.4. The minimum atomic E-state index is -0.827. The van der Waals surface area contributed by atoms with Crippen molar-refractivity contribution in [3.8, 4) is 5.69 Å². The van der Waals surface area contributed by atoms with Gasteiger partial charge in [0.15, 0.2) is 0 Å². The van der Waals surface area contributed by atoms with Gasteiger partial charge in [-0.25, -0.2) is 0 Å². The first-order chi connectivity index (χ1) is 12.7. The van der Waals surface area contributed by atoms with E-state index in [1.807, 2.05) is 49.4 Å². The average molecular weight is 341 g/mol. The highest BCUT2D eigenvalue weighted by molar-refractivity contribution is 6.08. The van der Waals surface area contributed by atoms with Gasteiger partial charge in [-0.15, -0.1) is 0 Å². The van der Waals surface area contributed by atoms with Crippen molar-refractivity contribution in [1.82, 2.24) is 4.57 Å². The van der Waals surface area contributed by atoms with Crippen LogP contribution in [-0.2, 0) is 11.2 Å². The lowest BCUT2D eigenvalue weighted by atomic mass is 10.1. The molecular formula is C23H19NO2. The van der Waals surface area contributed by atoms with Gasteiger partial charge < -0.3 is 9.67 Å². The fourth-order valence-corrected chi connectivity index (χ4v) is 3.59. The Bertz CT molecular complexity index is 1150. The Kier molecular flexibility index (Phi) is 4.05. The van der Waals surface area contributed by atoms with Crippen LogP contribution in [0.2, 0.25) is 0 Å². The minimum Gasteiger partial charge on any atom is -0.481 e. The lowest BCUT2D eigenvalue weighted by Crippen LogP contribution is -2.06. The number of para-hydroxylation sites is 1. The number of benzene rings is 3. The summed E-state index contributed by atoms with van der Waals surface area (Å²) in [6.45, 7) is 1.99. The van der Waals surface area contributed by atoms with Gasteiger partial charge in [0.05, 0.1) is 11.9 Å². The number of allylic oxidation sites excluding steroid dienone is 1. The van der Waals surface area contributed by atoms with Gasteiger partial charge in [-0.05, 0) is 47.5 Å². The van der Waals surface area contributed by atoms with Crippen molar-refractivity contribution in [2.45, 2.75) is 13.3 Å². The highest BCUT2D eigenvalue weighted by atomic mass is 16.4. The summed E-state index contributed by atoms with van der Waals surface area (Å²) < 4.78 is 2.15. The van der Waals surface area contributed by atoms with E-state index in [-0.39, 0.29) is 6.42 Å². The molecule has 0 saturated carbocycles. The number of nitrogens with zero attached hydrogens (tertiary/aromatic N) is 1. The summed E-state index contributed by atoms with van der Waals surface area (Å²) in [5.41, 5.74) is 3.83. The summed E-state index contributed by atoms with van der Waals surface area (Å²) in [5.74, 6) is -0.827. The van der Waals surface area contributed by atoms with Gasteiger partial charge in [0.25, 0.3) is 0 Å². The van der Waals surface area contributed by atoms with E-state index in [0.29, 0.717) is 0 Å². The topological polar surface area (TPSA) is 42.2 Å². The zero-order chi connectivity index (χ0) is 18.1. The lowest BCUT2D eigenvalue weighted by Gasteiger charge is -2.13.